The van der Waals surface area contributed by atoms with Crippen molar-refractivity contribution in [1.29, 1.82) is 0 Å². The third kappa shape index (κ3) is 4.43. The van der Waals surface area contributed by atoms with Gasteiger partial charge in [-0.05, 0) is 60.9 Å². The van der Waals surface area contributed by atoms with Crippen molar-refractivity contribution in [3.63, 3.8) is 0 Å². The van der Waals surface area contributed by atoms with E-state index >= 15 is 0 Å². The number of carbonyl (C=O) groups is 2. The summed E-state index contributed by atoms with van der Waals surface area (Å²) in [6, 6.07) is 11.5. The molecule has 1 saturated heterocycles. The highest BCUT2D eigenvalue weighted by atomic mass is 16.6. The first-order chi connectivity index (χ1) is 13.3. The highest BCUT2D eigenvalue weighted by Crippen LogP contribution is 2.24. The summed E-state index contributed by atoms with van der Waals surface area (Å²) in [5, 5.41) is 13.5. The zero-order valence-electron chi connectivity index (χ0n) is 15.7. The molecular formula is C21H21N3O4. The van der Waals surface area contributed by atoms with E-state index < -0.39 is 4.92 Å². The minimum atomic E-state index is -0.474. The van der Waals surface area contributed by atoms with Crippen molar-refractivity contribution in [1.82, 2.24) is 5.32 Å². The number of non-ortho nitro benzene ring substituents is 1. The molecule has 3 rings (SSSR count). The van der Waals surface area contributed by atoms with Crippen LogP contribution in [0.5, 0.6) is 0 Å². The summed E-state index contributed by atoms with van der Waals surface area (Å²) in [6.07, 6.45) is 3.20. The van der Waals surface area contributed by atoms with Crippen molar-refractivity contribution >= 4 is 29.3 Å². The number of anilines is 1. The predicted octanol–water partition coefficient (Wildman–Crippen LogP) is 3.15. The van der Waals surface area contributed by atoms with Gasteiger partial charge in [-0.15, -0.1) is 0 Å². The van der Waals surface area contributed by atoms with Gasteiger partial charge in [0.25, 0.3) is 5.69 Å². The Balaban J connectivity index is 1.59. The number of nitro benzene ring substituents is 1. The Kier molecular flexibility index (Phi) is 5.54. The van der Waals surface area contributed by atoms with Gasteiger partial charge in [-0.1, -0.05) is 6.07 Å². The first kappa shape index (κ1) is 19.3. The highest BCUT2D eigenvalue weighted by molar-refractivity contribution is 5.98. The fraction of sp³-hybridized carbons (Fsp3) is 0.238. The number of benzene rings is 2. The van der Waals surface area contributed by atoms with Crippen molar-refractivity contribution in [2.24, 2.45) is 0 Å². The summed E-state index contributed by atoms with van der Waals surface area (Å²) in [6.45, 7) is 4.45. The maximum Gasteiger partial charge on any atom is 0.269 e. The molecule has 0 saturated carbocycles. The Bertz CT molecular complexity index is 951. The van der Waals surface area contributed by atoms with Gasteiger partial charge in [0.2, 0.25) is 11.8 Å². The van der Waals surface area contributed by atoms with Gasteiger partial charge in [0.05, 0.1) is 11.0 Å². The topological polar surface area (TPSA) is 92.6 Å². The molecule has 2 aromatic rings. The lowest BCUT2D eigenvalue weighted by molar-refractivity contribution is -0.384. The molecule has 2 aromatic carbocycles. The van der Waals surface area contributed by atoms with E-state index in [0.29, 0.717) is 12.1 Å². The molecule has 0 aliphatic carbocycles. The van der Waals surface area contributed by atoms with Gasteiger partial charge in [0.1, 0.15) is 0 Å². The summed E-state index contributed by atoms with van der Waals surface area (Å²) in [5.41, 5.74) is 3.80. The molecule has 1 aliphatic heterocycles. The average molecular weight is 379 g/mol. The number of aryl methyl sites for hydroxylation is 2. The number of nitrogens with zero attached hydrogens (tertiary/aromatic N) is 2. The molecule has 7 heteroatoms. The van der Waals surface area contributed by atoms with Crippen molar-refractivity contribution in [3.05, 3.63) is 75.3 Å². The number of hydrogen-bond acceptors (Lipinski definition) is 4. The van der Waals surface area contributed by atoms with Crippen molar-refractivity contribution in [2.45, 2.75) is 26.3 Å². The number of nitro groups is 1. The van der Waals surface area contributed by atoms with Crippen LogP contribution in [0.25, 0.3) is 6.08 Å². The Morgan fingerprint density at radius 2 is 1.89 bits per heavy atom. The second-order valence-electron chi connectivity index (χ2n) is 6.86. The largest absolute Gasteiger partial charge is 0.347 e. The third-order valence-electron chi connectivity index (χ3n) is 4.80. The fourth-order valence-electron chi connectivity index (χ4n) is 3.08. The molecule has 7 nitrogen and oxygen atoms in total. The molecule has 0 radical (unpaired) electrons. The molecule has 1 aliphatic rings. The van der Waals surface area contributed by atoms with E-state index in [-0.39, 0.29) is 30.0 Å². The van der Waals surface area contributed by atoms with Gasteiger partial charge in [0, 0.05) is 36.9 Å². The van der Waals surface area contributed by atoms with Crippen LogP contribution in [0, 0.1) is 24.0 Å². The second kappa shape index (κ2) is 8.04. The lowest BCUT2D eigenvalue weighted by Gasteiger charge is -2.18. The van der Waals surface area contributed by atoms with Gasteiger partial charge < -0.3 is 10.2 Å². The number of rotatable bonds is 5. The first-order valence-electron chi connectivity index (χ1n) is 8.94. The normalized spacial score (nSPS) is 16.6. The third-order valence-corrected chi connectivity index (χ3v) is 4.80. The Morgan fingerprint density at radius 3 is 2.54 bits per heavy atom. The smallest absolute Gasteiger partial charge is 0.269 e. The Morgan fingerprint density at radius 1 is 1.18 bits per heavy atom. The van der Waals surface area contributed by atoms with Crippen LogP contribution in [0.1, 0.15) is 23.1 Å². The van der Waals surface area contributed by atoms with Crippen LogP contribution < -0.4 is 10.2 Å². The van der Waals surface area contributed by atoms with Crippen LogP contribution in [0.3, 0.4) is 0 Å². The summed E-state index contributed by atoms with van der Waals surface area (Å²) in [5.74, 6) is -0.328. The van der Waals surface area contributed by atoms with E-state index in [1.165, 1.54) is 18.2 Å². The lowest BCUT2D eigenvalue weighted by Crippen LogP contribution is -2.36. The van der Waals surface area contributed by atoms with Crippen molar-refractivity contribution < 1.29 is 14.5 Å². The van der Waals surface area contributed by atoms with Gasteiger partial charge >= 0.3 is 0 Å². The quantitative estimate of drug-likeness (QED) is 0.491. The van der Waals surface area contributed by atoms with E-state index in [4.69, 9.17) is 0 Å². The molecule has 1 unspecified atom stereocenters. The second-order valence-corrected chi connectivity index (χ2v) is 6.86. The standard InChI is InChI=1S/C21H21N3O4/c1-14-3-7-19(11-15(14)2)23-13-17(12-21(23)26)22-20(25)10-6-16-4-8-18(9-5-16)24(27)28/h3-11,17H,12-13H2,1-2H3,(H,22,25)/b10-6-. The summed E-state index contributed by atoms with van der Waals surface area (Å²) in [4.78, 5) is 36.4. The average Bonchev–Trinajstić information content (AvgIpc) is 3.02. The number of nitrogens with one attached hydrogen (secondary N) is 1. The molecule has 0 spiro atoms. The predicted molar refractivity (Wildman–Crippen MR) is 107 cm³/mol. The van der Waals surface area contributed by atoms with Crippen LogP contribution in [0.15, 0.2) is 48.5 Å². The summed E-state index contributed by atoms with van der Waals surface area (Å²) in [7, 11) is 0. The highest BCUT2D eigenvalue weighted by Gasteiger charge is 2.31. The molecule has 1 atom stereocenters. The van der Waals surface area contributed by atoms with E-state index in [2.05, 4.69) is 5.32 Å². The molecule has 1 fully saturated rings. The van der Waals surface area contributed by atoms with Crippen LogP contribution in [-0.4, -0.2) is 29.3 Å². The number of amides is 2. The molecule has 1 heterocycles. The summed E-state index contributed by atoms with van der Waals surface area (Å²) >= 11 is 0. The maximum atomic E-state index is 12.3. The molecule has 144 valence electrons. The number of carbonyl (C=O) groups excluding carboxylic acids is 2. The van der Waals surface area contributed by atoms with Crippen molar-refractivity contribution in [2.75, 3.05) is 11.4 Å². The van der Waals surface area contributed by atoms with E-state index in [1.54, 1.807) is 23.1 Å². The zero-order chi connectivity index (χ0) is 20.3. The van der Waals surface area contributed by atoms with E-state index in [1.807, 2.05) is 32.0 Å². The molecule has 2 amide bonds. The molecule has 28 heavy (non-hydrogen) atoms. The Labute approximate surface area is 162 Å². The monoisotopic (exact) mass is 379 g/mol. The van der Waals surface area contributed by atoms with Crippen LogP contribution >= 0.6 is 0 Å². The minimum Gasteiger partial charge on any atom is -0.347 e. The summed E-state index contributed by atoms with van der Waals surface area (Å²) < 4.78 is 0. The zero-order valence-corrected chi connectivity index (χ0v) is 15.7. The van der Waals surface area contributed by atoms with Crippen LogP contribution in [0.4, 0.5) is 11.4 Å². The van der Waals surface area contributed by atoms with Gasteiger partial charge in [0.15, 0.2) is 0 Å². The van der Waals surface area contributed by atoms with Crippen LogP contribution in [-0.2, 0) is 9.59 Å². The van der Waals surface area contributed by atoms with E-state index in [0.717, 1.165) is 16.8 Å². The van der Waals surface area contributed by atoms with Crippen molar-refractivity contribution in [3.8, 4) is 0 Å². The minimum absolute atomic E-state index is 0.00231. The Hall–Kier alpha value is -3.48. The number of hydrogen-bond donors (Lipinski definition) is 1. The van der Waals surface area contributed by atoms with Gasteiger partial charge in [-0.3, -0.25) is 19.7 Å². The van der Waals surface area contributed by atoms with Gasteiger partial charge in [-0.2, -0.15) is 0 Å². The molecule has 1 N–H and O–H groups in total. The molecule has 0 aromatic heterocycles. The fourth-order valence-corrected chi connectivity index (χ4v) is 3.08. The first-order valence-corrected chi connectivity index (χ1v) is 8.94. The molecular weight excluding hydrogens is 358 g/mol. The molecule has 0 bridgehead atoms. The van der Waals surface area contributed by atoms with Crippen LogP contribution in [0.2, 0.25) is 0 Å². The maximum absolute atomic E-state index is 12.3. The van der Waals surface area contributed by atoms with E-state index in [9.17, 15) is 19.7 Å². The van der Waals surface area contributed by atoms with Gasteiger partial charge in [-0.25, -0.2) is 0 Å². The lowest BCUT2D eigenvalue weighted by atomic mass is 10.1. The SMILES string of the molecule is Cc1ccc(N2CC(NC(=O)/C=C\c3ccc([N+](=O)[O-])cc3)CC2=O)cc1C.